The van der Waals surface area contributed by atoms with E-state index in [1.165, 1.54) is 4.88 Å². The van der Waals surface area contributed by atoms with Crippen molar-refractivity contribution in [3.05, 3.63) is 52.5 Å². The van der Waals surface area contributed by atoms with Crippen molar-refractivity contribution < 1.29 is 14.3 Å². The van der Waals surface area contributed by atoms with Gasteiger partial charge in [0.05, 0.1) is 19.3 Å². The van der Waals surface area contributed by atoms with Crippen molar-refractivity contribution in [1.29, 1.82) is 0 Å². The number of ether oxygens (including phenoxy) is 1. The van der Waals surface area contributed by atoms with Gasteiger partial charge in [0.2, 0.25) is 0 Å². The third-order valence-corrected chi connectivity index (χ3v) is 5.43. The number of nitrogens with zero attached hydrogens (tertiary/aromatic N) is 2. The molecule has 1 aliphatic rings. The number of carbonyl (C=O) groups is 2. The van der Waals surface area contributed by atoms with Crippen LogP contribution in [0.5, 0.6) is 0 Å². The molecule has 0 radical (unpaired) electrons. The number of carbonyl (C=O) groups excluding carboxylic acids is 2. The number of rotatable bonds is 6. The highest BCUT2D eigenvalue weighted by Crippen LogP contribution is 2.29. The highest BCUT2D eigenvalue weighted by molar-refractivity contribution is 7.10. The van der Waals surface area contributed by atoms with Gasteiger partial charge in [0.25, 0.3) is 0 Å². The predicted octanol–water partition coefficient (Wildman–Crippen LogP) is 1.34. The van der Waals surface area contributed by atoms with Gasteiger partial charge in [-0.2, -0.15) is 0 Å². The standard InChI is InChI=1S/C19H24N4O3S/c1-14(17(16-5-3-11-27-16)23-7-9-26-10-8-23)22-19(25)18(24)21-13-15-4-2-6-20-12-15/h2-6,11-12,14,17H,7-10,13H2,1H3,(H,21,24)(H,22,25). The topological polar surface area (TPSA) is 83.6 Å². The second-order valence-electron chi connectivity index (χ2n) is 6.41. The molecular formula is C19H24N4O3S. The molecule has 2 N–H and O–H groups in total. The SMILES string of the molecule is CC(NC(=O)C(=O)NCc1cccnc1)C(c1cccs1)N1CCOCC1. The van der Waals surface area contributed by atoms with Crippen LogP contribution in [0.2, 0.25) is 0 Å². The molecule has 0 aromatic carbocycles. The molecule has 0 aliphatic carbocycles. The molecule has 2 aromatic heterocycles. The molecule has 1 saturated heterocycles. The lowest BCUT2D eigenvalue weighted by molar-refractivity contribution is -0.140. The van der Waals surface area contributed by atoms with Gasteiger partial charge < -0.3 is 15.4 Å². The summed E-state index contributed by atoms with van der Waals surface area (Å²) < 4.78 is 5.45. The maximum Gasteiger partial charge on any atom is 0.309 e. The number of hydrogen-bond donors (Lipinski definition) is 2. The zero-order valence-corrected chi connectivity index (χ0v) is 16.1. The molecule has 0 spiro atoms. The van der Waals surface area contributed by atoms with Gasteiger partial charge in [-0.1, -0.05) is 12.1 Å². The Hall–Kier alpha value is -2.29. The Balaban J connectivity index is 1.59. The highest BCUT2D eigenvalue weighted by Gasteiger charge is 2.30. The van der Waals surface area contributed by atoms with Crippen molar-refractivity contribution in [3.8, 4) is 0 Å². The summed E-state index contributed by atoms with van der Waals surface area (Å²) in [6.45, 7) is 5.16. The molecule has 3 heterocycles. The zero-order valence-electron chi connectivity index (χ0n) is 15.3. The van der Waals surface area contributed by atoms with Gasteiger partial charge >= 0.3 is 11.8 Å². The summed E-state index contributed by atoms with van der Waals surface area (Å²) in [5, 5.41) is 7.52. The van der Waals surface area contributed by atoms with Crippen LogP contribution in [-0.4, -0.2) is 54.0 Å². The average molecular weight is 388 g/mol. The van der Waals surface area contributed by atoms with Gasteiger partial charge in [0.1, 0.15) is 0 Å². The number of pyridine rings is 1. The first-order chi connectivity index (χ1) is 13.1. The summed E-state index contributed by atoms with van der Waals surface area (Å²) >= 11 is 1.65. The van der Waals surface area contributed by atoms with E-state index in [0.717, 1.165) is 18.7 Å². The molecule has 1 fully saturated rings. The second kappa shape index (κ2) is 9.59. The van der Waals surface area contributed by atoms with Crippen molar-refractivity contribution in [2.45, 2.75) is 25.6 Å². The molecule has 0 saturated carbocycles. The summed E-state index contributed by atoms with van der Waals surface area (Å²) in [4.78, 5) is 32.0. The van der Waals surface area contributed by atoms with Gasteiger partial charge in [-0.15, -0.1) is 11.3 Å². The molecule has 2 amide bonds. The largest absolute Gasteiger partial charge is 0.379 e. The van der Waals surface area contributed by atoms with E-state index in [-0.39, 0.29) is 18.6 Å². The Kier molecular flexibility index (Phi) is 6.92. The van der Waals surface area contributed by atoms with Gasteiger partial charge in [-0.25, -0.2) is 0 Å². The molecule has 2 unspecified atom stereocenters. The minimum absolute atomic E-state index is 0.0176. The lowest BCUT2D eigenvalue weighted by atomic mass is 10.1. The van der Waals surface area contributed by atoms with Gasteiger partial charge in [-0.05, 0) is 30.0 Å². The summed E-state index contributed by atoms with van der Waals surface area (Å²) in [7, 11) is 0. The first-order valence-electron chi connectivity index (χ1n) is 8.98. The number of thiophene rings is 1. The summed E-state index contributed by atoms with van der Waals surface area (Å²) in [5.74, 6) is -1.26. The number of morpholine rings is 1. The quantitative estimate of drug-likeness (QED) is 0.730. The molecular weight excluding hydrogens is 364 g/mol. The van der Waals surface area contributed by atoms with E-state index >= 15 is 0 Å². The van der Waals surface area contributed by atoms with Crippen LogP contribution in [-0.2, 0) is 20.9 Å². The van der Waals surface area contributed by atoms with Crippen molar-refractivity contribution in [2.24, 2.45) is 0 Å². The molecule has 7 nitrogen and oxygen atoms in total. The first kappa shape index (κ1) is 19.5. The van der Waals surface area contributed by atoms with E-state index < -0.39 is 11.8 Å². The number of aromatic nitrogens is 1. The Morgan fingerprint density at radius 2 is 2.07 bits per heavy atom. The molecule has 0 bridgehead atoms. The molecule has 8 heteroatoms. The summed E-state index contributed by atoms with van der Waals surface area (Å²) in [5.41, 5.74) is 0.844. The van der Waals surface area contributed by atoms with Crippen molar-refractivity contribution in [3.63, 3.8) is 0 Å². The minimum Gasteiger partial charge on any atom is -0.379 e. The number of hydrogen-bond acceptors (Lipinski definition) is 6. The zero-order chi connectivity index (χ0) is 19.1. The maximum absolute atomic E-state index is 12.4. The summed E-state index contributed by atoms with van der Waals surface area (Å²) in [6, 6.07) is 7.51. The Morgan fingerprint density at radius 1 is 1.26 bits per heavy atom. The number of nitrogens with one attached hydrogen (secondary N) is 2. The van der Waals surface area contributed by atoms with Crippen LogP contribution in [0.15, 0.2) is 42.0 Å². The lowest BCUT2D eigenvalue weighted by Crippen LogP contribution is -2.51. The van der Waals surface area contributed by atoms with E-state index in [2.05, 4.69) is 26.6 Å². The third kappa shape index (κ3) is 5.35. The Bertz CT molecular complexity index is 733. The van der Waals surface area contributed by atoms with Crippen LogP contribution < -0.4 is 10.6 Å². The van der Waals surface area contributed by atoms with Crippen molar-refractivity contribution >= 4 is 23.2 Å². The predicted molar refractivity (Wildman–Crippen MR) is 103 cm³/mol. The second-order valence-corrected chi connectivity index (χ2v) is 7.39. The lowest BCUT2D eigenvalue weighted by Gasteiger charge is -2.37. The van der Waals surface area contributed by atoms with Crippen LogP contribution >= 0.6 is 11.3 Å². The fourth-order valence-corrected chi connectivity index (χ4v) is 4.14. The van der Waals surface area contributed by atoms with E-state index in [1.807, 2.05) is 24.4 Å². The van der Waals surface area contributed by atoms with Crippen molar-refractivity contribution in [1.82, 2.24) is 20.5 Å². The molecule has 2 atom stereocenters. The molecule has 2 aromatic rings. The van der Waals surface area contributed by atoms with Crippen LogP contribution in [0, 0.1) is 0 Å². The molecule has 3 rings (SSSR count). The Labute approximate surface area is 162 Å². The third-order valence-electron chi connectivity index (χ3n) is 4.49. The highest BCUT2D eigenvalue weighted by atomic mass is 32.1. The van der Waals surface area contributed by atoms with Crippen LogP contribution in [0.3, 0.4) is 0 Å². The van der Waals surface area contributed by atoms with Crippen LogP contribution in [0.25, 0.3) is 0 Å². The molecule has 1 aliphatic heterocycles. The van der Waals surface area contributed by atoms with E-state index in [9.17, 15) is 9.59 Å². The van der Waals surface area contributed by atoms with Crippen molar-refractivity contribution in [2.75, 3.05) is 26.3 Å². The maximum atomic E-state index is 12.4. The van der Waals surface area contributed by atoms with E-state index in [0.29, 0.717) is 13.2 Å². The smallest absolute Gasteiger partial charge is 0.309 e. The van der Waals surface area contributed by atoms with Gasteiger partial charge in [0.15, 0.2) is 0 Å². The average Bonchev–Trinajstić information content (AvgIpc) is 3.22. The minimum atomic E-state index is -0.641. The fourth-order valence-electron chi connectivity index (χ4n) is 3.17. The van der Waals surface area contributed by atoms with Crippen LogP contribution in [0.4, 0.5) is 0 Å². The van der Waals surface area contributed by atoms with Gasteiger partial charge in [-0.3, -0.25) is 19.5 Å². The fraction of sp³-hybridized carbons (Fsp3) is 0.421. The van der Waals surface area contributed by atoms with E-state index in [4.69, 9.17) is 4.74 Å². The van der Waals surface area contributed by atoms with E-state index in [1.54, 1.807) is 29.8 Å². The summed E-state index contributed by atoms with van der Waals surface area (Å²) in [6.07, 6.45) is 3.32. The normalized spacial score (nSPS) is 17.1. The number of amides is 2. The van der Waals surface area contributed by atoms with Gasteiger partial charge in [0, 0.05) is 42.9 Å². The first-order valence-corrected chi connectivity index (χ1v) is 9.86. The molecule has 144 valence electrons. The Morgan fingerprint density at radius 3 is 2.74 bits per heavy atom. The van der Waals surface area contributed by atoms with Crippen LogP contribution in [0.1, 0.15) is 23.4 Å². The molecule has 27 heavy (non-hydrogen) atoms. The monoisotopic (exact) mass is 388 g/mol.